The van der Waals surface area contributed by atoms with E-state index >= 15 is 0 Å². The third-order valence-electron chi connectivity index (χ3n) is 2.32. The molecule has 0 unspecified atom stereocenters. The summed E-state index contributed by atoms with van der Waals surface area (Å²) in [6.45, 7) is 4.62. The Morgan fingerprint density at radius 3 is 2.67 bits per heavy atom. The van der Waals surface area contributed by atoms with Crippen molar-refractivity contribution in [1.82, 2.24) is 0 Å². The summed E-state index contributed by atoms with van der Waals surface area (Å²) >= 11 is 0. The summed E-state index contributed by atoms with van der Waals surface area (Å²) in [7, 11) is 2.96. The number of ether oxygens (including phenoxy) is 3. The maximum absolute atomic E-state index is 11.5. The maximum atomic E-state index is 11.5. The molecule has 0 spiro atoms. The van der Waals surface area contributed by atoms with E-state index in [9.17, 15) is 4.79 Å². The highest BCUT2D eigenvalue weighted by Gasteiger charge is 2.09. The number of benzene rings is 1. The molecule has 0 saturated heterocycles. The average molecular weight is 250 g/mol. The summed E-state index contributed by atoms with van der Waals surface area (Å²) in [6, 6.07) is 5.31. The van der Waals surface area contributed by atoms with Gasteiger partial charge in [0.1, 0.15) is 12.4 Å². The van der Waals surface area contributed by atoms with Gasteiger partial charge in [-0.1, -0.05) is 6.08 Å². The van der Waals surface area contributed by atoms with Crippen LogP contribution in [-0.2, 0) is 15.9 Å². The molecule has 98 valence electrons. The van der Waals surface area contributed by atoms with Crippen LogP contribution in [0, 0.1) is 0 Å². The minimum atomic E-state index is -0.377. The molecule has 0 radical (unpaired) electrons. The summed E-state index contributed by atoms with van der Waals surface area (Å²) in [5.74, 6) is 0.254. The Morgan fingerprint density at radius 1 is 1.28 bits per heavy atom. The molecular formula is C14H18O4. The fourth-order valence-corrected chi connectivity index (χ4v) is 1.51. The molecule has 0 aliphatic carbocycles. The van der Waals surface area contributed by atoms with Crippen molar-refractivity contribution >= 4 is 5.97 Å². The largest absolute Gasteiger partial charge is 0.491 e. The lowest BCUT2D eigenvalue weighted by molar-refractivity contribution is 0.0600. The van der Waals surface area contributed by atoms with Crippen molar-refractivity contribution < 1.29 is 19.0 Å². The molecule has 1 aromatic carbocycles. The number of methoxy groups -OCH3 is 2. The second kappa shape index (κ2) is 7.50. The number of carbonyl (C=O) groups excluding carboxylic acids is 1. The first-order valence-corrected chi connectivity index (χ1v) is 5.66. The molecule has 0 atom stereocenters. The Kier molecular flexibility index (Phi) is 5.94. The van der Waals surface area contributed by atoms with Crippen molar-refractivity contribution in [1.29, 1.82) is 0 Å². The van der Waals surface area contributed by atoms with Crippen LogP contribution in [-0.4, -0.2) is 33.4 Å². The molecule has 0 heterocycles. The van der Waals surface area contributed by atoms with Crippen molar-refractivity contribution in [3.63, 3.8) is 0 Å². The van der Waals surface area contributed by atoms with E-state index in [2.05, 4.69) is 6.58 Å². The van der Waals surface area contributed by atoms with Gasteiger partial charge >= 0.3 is 5.97 Å². The highest BCUT2D eigenvalue weighted by Crippen LogP contribution is 2.19. The molecule has 0 bridgehead atoms. The Hall–Kier alpha value is -1.81. The van der Waals surface area contributed by atoms with Crippen LogP contribution in [0.4, 0.5) is 0 Å². The smallest absolute Gasteiger partial charge is 0.337 e. The molecule has 18 heavy (non-hydrogen) atoms. The predicted molar refractivity (Wildman–Crippen MR) is 69.1 cm³/mol. The summed E-state index contributed by atoms with van der Waals surface area (Å²) in [5.41, 5.74) is 1.43. The van der Waals surface area contributed by atoms with Gasteiger partial charge in [-0.15, -0.1) is 6.58 Å². The van der Waals surface area contributed by atoms with E-state index < -0.39 is 0 Å². The highest BCUT2D eigenvalue weighted by atomic mass is 16.5. The summed E-state index contributed by atoms with van der Waals surface area (Å²) in [5, 5.41) is 0. The van der Waals surface area contributed by atoms with E-state index in [1.54, 1.807) is 25.3 Å². The molecule has 1 aromatic rings. The molecule has 0 aliphatic heterocycles. The van der Waals surface area contributed by atoms with Crippen molar-refractivity contribution in [2.75, 3.05) is 27.4 Å². The highest BCUT2D eigenvalue weighted by molar-refractivity contribution is 5.90. The fraction of sp³-hybridized carbons (Fsp3) is 0.357. The number of hydrogen-bond acceptors (Lipinski definition) is 4. The van der Waals surface area contributed by atoms with Crippen LogP contribution >= 0.6 is 0 Å². The summed E-state index contributed by atoms with van der Waals surface area (Å²) < 4.78 is 15.1. The standard InChI is InChI=1S/C14H18O4/c1-4-5-11-8-12(14(15)17-3)10-13(9-11)18-7-6-16-2/h4,8-10H,1,5-7H2,2-3H3. The van der Waals surface area contributed by atoms with E-state index in [0.29, 0.717) is 30.9 Å². The third-order valence-corrected chi connectivity index (χ3v) is 2.32. The van der Waals surface area contributed by atoms with Gasteiger partial charge in [-0.3, -0.25) is 0 Å². The molecule has 0 aromatic heterocycles. The molecule has 4 heteroatoms. The van der Waals surface area contributed by atoms with Crippen LogP contribution in [0.1, 0.15) is 15.9 Å². The molecule has 4 nitrogen and oxygen atoms in total. The molecule has 0 amide bonds. The van der Waals surface area contributed by atoms with Gasteiger partial charge in [0.2, 0.25) is 0 Å². The van der Waals surface area contributed by atoms with E-state index in [1.807, 2.05) is 6.07 Å². The van der Waals surface area contributed by atoms with Crippen LogP contribution in [0.5, 0.6) is 5.75 Å². The predicted octanol–water partition coefficient (Wildman–Crippen LogP) is 2.23. The zero-order valence-electron chi connectivity index (χ0n) is 10.8. The monoisotopic (exact) mass is 250 g/mol. The SMILES string of the molecule is C=CCc1cc(OCCOC)cc(C(=O)OC)c1. The first kappa shape index (κ1) is 14.3. The van der Waals surface area contributed by atoms with Gasteiger partial charge < -0.3 is 14.2 Å². The van der Waals surface area contributed by atoms with Crippen LogP contribution in [0.15, 0.2) is 30.9 Å². The van der Waals surface area contributed by atoms with Crippen molar-refractivity contribution in [2.24, 2.45) is 0 Å². The van der Waals surface area contributed by atoms with Crippen molar-refractivity contribution in [3.05, 3.63) is 42.0 Å². The lowest BCUT2D eigenvalue weighted by Crippen LogP contribution is -2.07. The van der Waals surface area contributed by atoms with Gasteiger partial charge in [-0.05, 0) is 30.2 Å². The van der Waals surface area contributed by atoms with Gasteiger partial charge in [0.05, 0.1) is 19.3 Å². The number of hydrogen-bond donors (Lipinski definition) is 0. The van der Waals surface area contributed by atoms with Crippen molar-refractivity contribution in [3.8, 4) is 5.75 Å². The van der Waals surface area contributed by atoms with Gasteiger partial charge in [0.15, 0.2) is 0 Å². The minimum Gasteiger partial charge on any atom is -0.491 e. The number of rotatable bonds is 7. The number of allylic oxidation sites excluding steroid dienone is 1. The molecule has 0 aliphatic rings. The molecule has 0 N–H and O–H groups in total. The molecule has 1 rings (SSSR count). The Morgan fingerprint density at radius 2 is 2.06 bits per heavy atom. The number of esters is 1. The first-order valence-electron chi connectivity index (χ1n) is 5.66. The zero-order chi connectivity index (χ0) is 13.4. The maximum Gasteiger partial charge on any atom is 0.337 e. The lowest BCUT2D eigenvalue weighted by Gasteiger charge is -2.09. The van der Waals surface area contributed by atoms with Crippen LogP contribution in [0.3, 0.4) is 0 Å². The minimum absolute atomic E-state index is 0.377. The van der Waals surface area contributed by atoms with Gasteiger partial charge in [-0.2, -0.15) is 0 Å². The summed E-state index contributed by atoms with van der Waals surface area (Å²) in [6.07, 6.45) is 2.45. The second-order valence-corrected chi connectivity index (χ2v) is 3.69. The van der Waals surface area contributed by atoms with E-state index in [4.69, 9.17) is 14.2 Å². The van der Waals surface area contributed by atoms with Crippen LogP contribution in [0.2, 0.25) is 0 Å². The zero-order valence-corrected chi connectivity index (χ0v) is 10.8. The van der Waals surface area contributed by atoms with Gasteiger partial charge in [-0.25, -0.2) is 4.79 Å². The van der Waals surface area contributed by atoms with Crippen molar-refractivity contribution in [2.45, 2.75) is 6.42 Å². The molecule has 0 fully saturated rings. The lowest BCUT2D eigenvalue weighted by atomic mass is 10.1. The molecular weight excluding hydrogens is 232 g/mol. The van der Waals surface area contributed by atoms with Crippen LogP contribution < -0.4 is 4.74 Å². The Balaban J connectivity index is 2.90. The first-order chi connectivity index (χ1) is 8.71. The normalized spacial score (nSPS) is 9.89. The third kappa shape index (κ3) is 4.22. The summed E-state index contributed by atoms with van der Waals surface area (Å²) in [4.78, 5) is 11.5. The number of carbonyl (C=O) groups is 1. The average Bonchev–Trinajstić information content (AvgIpc) is 2.38. The quantitative estimate of drug-likeness (QED) is 0.423. The Bertz CT molecular complexity index is 412. The van der Waals surface area contributed by atoms with Crippen LogP contribution in [0.25, 0.3) is 0 Å². The Labute approximate surface area is 107 Å². The second-order valence-electron chi connectivity index (χ2n) is 3.69. The van der Waals surface area contributed by atoms with Gasteiger partial charge in [0.25, 0.3) is 0 Å². The topological polar surface area (TPSA) is 44.8 Å². The van der Waals surface area contributed by atoms with E-state index in [-0.39, 0.29) is 5.97 Å². The molecule has 0 saturated carbocycles. The van der Waals surface area contributed by atoms with E-state index in [1.165, 1.54) is 7.11 Å². The van der Waals surface area contributed by atoms with E-state index in [0.717, 1.165) is 5.56 Å². The van der Waals surface area contributed by atoms with Gasteiger partial charge in [0, 0.05) is 7.11 Å². The fourth-order valence-electron chi connectivity index (χ4n) is 1.51.